The fourth-order valence-electron chi connectivity index (χ4n) is 3.98. The molecule has 2 aliphatic heterocycles. The summed E-state index contributed by atoms with van der Waals surface area (Å²) in [7, 11) is -3.11. The van der Waals surface area contributed by atoms with Crippen molar-refractivity contribution in [1.82, 2.24) is 9.62 Å². The van der Waals surface area contributed by atoms with E-state index in [0.29, 0.717) is 37.9 Å². The third-order valence-electron chi connectivity index (χ3n) is 5.22. The van der Waals surface area contributed by atoms with Crippen molar-refractivity contribution in [1.29, 1.82) is 0 Å². The summed E-state index contributed by atoms with van der Waals surface area (Å²) in [5.74, 6) is 0.844. The lowest BCUT2D eigenvalue weighted by atomic mass is 9.83. The summed E-state index contributed by atoms with van der Waals surface area (Å²) < 4.78 is 27.0. The zero-order valence-corrected chi connectivity index (χ0v) is 12.7. The summed E-state index contributed by atoms with van der Waals surface area (Å²) in [6.45, 7) is 1.92. The average molecular weight is 300 g/mol. The molecule has 3 fully saturated rings. The van der Waals surface area contributed by atoms with Crippen LogP contribution in [0.1, 0.15) is 44.9 Å². The molecular weight excluding hydrogens is 276 g/mol. The Morgan fingerprint density at radius 1 is 1.15 bits per heavy atom. The molecule has 0 aromatic heterocycles. The molecule has 1 aliphatic carbocycles. The third-order valence-corrected chi connectivity index (χ3v) is 7.59. The predicted octanol–water partition coefficient (Wildman–Crippen LogP) is 1.32. The average Bonchev–Trinajstić information content (AvgIpc) is 2.89. The maximum absolute atomic E-state index is 12.7. The van der Waals surface area contributed by atoms with Crippen molar-refractivity contribution >= 4 is 16.3 Å². The second-order valence-electron chi connectivity index (χ2n) is 6.46. The van der Waals surface area contributed by atoms with Crippen LogP contribution in [0.4, 0.5) is 0 Å². The quantitative estimate of drug-likeness (QED) is 0.782. The molecule has 1 saturated carbocycles. The molecular formula is C14H24N2O3S. The lowest BCUT2D eigenvalue weighted by Crippen LogP contribution is -2.50. The third kappa shape index (κ3) is 2.78. The number of nitrogens with zero attached hydrogens (tertiary/aromatic N) is 1. The van der Waals surface area contributed by atoms with Crippen LogP contribution < -0.4 is 5.32 Å². The molecule has 2 heterocycles. The van der Waals surface area contributed by atoms with Crippen molar-refractivity contribution in [3.05, 3.63) is 0 Å². The van der Waals surface area contributed by atoms with E-state index in [-0.39, 0.29) is 11.2 Å². The first-order valence-electron chi connectivity index (χ1n) is 7.83. The van der Waals surface area contributed by atoms with E-state index in [9.17, 15) is 13.6 Å². The van der Waals surface area contributed by atoms with Crippen LogP contribution in [-0.2, 0) is 19.4 Å². The standard InChI is InChI=1S/C14H24N2O3S/c17-14-9-11-6-8-16(10-12(11)5-7-15-14)20(18,19)13-3-1-2-4-13/h11-13H,1-10H2,(H-,15,17,18,19). The molecule has 1 N–H and O–H groups in total. The Morgan fingerprint density at radius 3 is 2.65 bits per heavy atom. The van der Waals surface area contributed by atoms with Crippen LogP contribution in [-0.4, -0.2) is 39.6 Å². The minimum absolute atomic E-state index is 0.129. The van der Waals surface area contributed by atoms with E-state index in [4.69, 9.17) is 0 Å². The molecule has 0 spiro atoms. The summed E-state index contributed by atoms with van der Waals surface area (Å²) in [4.78, 5) is 11.6. The molecule has 20 heavy (non-hydrogen) atoms. The van der Waals surface area contributed by atoms with E-state index in [1.54, 1.807) is 4.31 Å². The van der Waals surface area contributed by atoms with Crippen molar-refractivity contribution in [2.24, 2.45) is 11.8 Å². The van der Waals surface area contributed by atoms with Crippen molar-refractivity contribution < 1.29 is 13.6 Å². The van der Waals surface area contributed by atoms with E-state index in [1.807, 2.05) is 0 Å². The molecule has 114 valence electrons. The van der Waals surface area contributed by atoms with Crippen molar-refractivity contribution in [3.8, 4) is 0 Å². The SMILES string of the molecule is O=C1CC2CCN([S+](=O)([O-])C3CCCC3)CC2CCN1. The van der Waals surface area contributed by atoms with E-state index < -0.39 is 10.4 Å². The first-order chi connectivity index (χ1) is 9.57. The Balaban J connectivity index is 1.68. The highest BCUT2D eigenvalue weighted by Gasteiger charge is 2.43. The van der Waals surface area contributed by atoms with E-state index in [0.717, 1.165) is 38.5 Å². The lowest BCUT2D eigenvalue weighted by Gasteiger charge is -2.40. The molecule has 2 saturated heterocycles. The zero-order chi connectivity index (χ0) is 14.2. The molecule has 1 amide bonds. The van der Waals surface area contributed by atoms with Crippen LogP contribution in [0.25, 0.3) is 0 Å². The molecule has 3 aliphatic rings. The van der Waals surface area contributed by atoms with Crippen LogP contribution in [0.5, 0.6) is 0 Å². The van der Waals surface area contributed by atoms with Gasteiger partial charge in [-0.15, -0.1) is 4.31 Å². The van der Waals surface area contributed by atoms with Crippen LogP contribution in [0.2, 0.25) is 0 Å². The van der Waals surface area contributed by atoms with Gasteiger partial charge in [-0.05, 0) is 50.4 Å². The largest absolute Gasteiger partial charge is 0.597 e. The number of carbonyl (C=O) groups excluding carboxylic acids is 1. The molecule has 3 unspecified atom stereocenters. The lowest BCUT2D eigenvalue weighted by molar-refractivity contribution is -0.121. The summed E-state index contributed by atoms with van der Waals surface area (Å²) in [5, 5.41) is 2.75. The molecule has 0 aromatic rings. The molecule has 0 aromatic carbocycles. The fraction of sp³-hybridized carbons (Fsp3) is 0.929. The van der Waals surface area contributed by atoms with Gasteiger partial charge in [0.1, 0.15) is 15.6 Å². The number of amides is 1. The van der Waals surface area contributed by atoms with Crippen molar-refractivity contribution in [2.45, 2.75) is 50.2 Å². The van der Waals surface area contributed by atoms with E-state index in [2.05, 4.69) is 5.32 Å². The second-order valence-corrected chi connectivity index (χ2v) is 8.67. The Bertz CT molecular complexity index is 423. The minimum atomic E-state index is -3.11. The van der Waals surface area contributed by atoms with Gasteiger partial charge >= 0.3 is 0 Å². The van der Waals surface area contributed by atoms with Gasteiger partial charge < -0.3 is 9.87 Å². The minimum Gasteiger partial charge on any atom is -0.597 e. The number of carbonyl (C=O) groups is 1. The topological polar surface area (TPSA) is 72.5 Å². The highest BCUT2D eigenvalue weighted by atomic mass is 32.3. The normalized spacial score (nSPS) is 36.0. The summed E-state index contributed by atoms with van der Waals surface area (Å²) in [6, 6.07) is 0. The second kappa shape index (κ2) is 5.73. The van der Waals surface area contributed by atoms with Gasteiger partial charge in [0.15, 0.2) is 0 Å². The van der Waals surface area contributed by atoms with Crippen LogP contribution in [0, 0.1) is 11.8 Å². The van der Waals surface area contributed by atoms with Crippen LogP contribution in [0.3, 0.4) is 0 Å². The number of fused-ring (bicyclic) bond motifs is 1. The molecule has 6 heteroatoms. The monoisotopic (exact) mass is 300 g/mol. The van der Waals surface area contributed by atoms with Crippen LogP contribution >= 0.6 is 0 Å². The number of piperidine rings is 1. The maximum Gasteiger partial charge on any atom is 0.220 e. The molecule has 3 rings (SSSR count). The Hall–Kier alpha value is -0.460. The predicted molar refractivity (Wildman–Crippen MR) is 76.5 cm³/mol. The highest BCUT2D eigenvalue weighted by molar-refractivity contribution is 7.96. The smallest absolute Gasteiger partial charge is 0.220 e. The Morgan fingerprint density at radius 2 is 1.90 bits per heavy atom. The first-order valence-corrected chi connectivity index (χ1v) is 9.33. The number of hydrogen-bond donors (Lipinski definition) is 1. The molecule has 0 bridgehead atoms. The number of rotatable bonds is 2. The van der Waals surface area contributed by atoms with Crippen LogP contribution in [0.15, 0.2) is 0 Å². The molecule has 5 nitrogen and oxygen atoms in total. The number of sulfonamides is 1. The van der Waals surface area contributed by atoms with Gasteiger partial charge in [0, 0.05) is 26.1 Å². The Kier molecular flexibility index (Phi) is 4.15. The summed E-state index contributed by atoms with van der Waals surface area (Å²) >= 11 is 0. The van der Waals surface area contributed by atoms with Crippen molar-refractivity contribution in [2.75, 3.05) is 19.6 Å². The molecule has 3 atom stereocenters. The van der Waals surface area contributed by atoms with Gasteiger partial charge in [-0.1, -0.05) is 4.21 Å². The highest BCUT2D eigenvalue weighted by Crippen LogP contribution is 2.36. The Labute approximate surface area is 121 Å². The van der Waals surface area contributed by atoms with Gasteiger partial charge in [0.05, 0.1) is 0 Å². The molecule has 0 radical (unpaired) electrons. The van der Waals surface area contributed by atoms with Gasteiger partial charge in [-0.2, -0.15) is 0 Å². The van der Waals surface area contributed by atoms with Gasteiger partial charge in [-0.3, -0.25) is 4.79 Å². The first kappa shape index (κ1) is 14.5. The van der Waals surface area contributed by atoms with Gasteiger partial charge in [0.2, 0.25) is 5.91 Å². The number of nitrogens with one attached hydrogen (secondary N) is 1. The van der Waals surface area contributed by atoms with E-state index >= 15 is 0 Å². The fourth-order valence-corrected chi connectivity index (χ4v) is 6.09. The number of hydrogen-bond acceptors (Lipinski definition) is 3. The van der Waals surface area contributed by atoms with Gasteiger partial charge in [-0.25, -0.2) is 0 Å². The summed E-state index contributed by atoms with van der Waals surface area (Å²) in [6.07, 6.45) is 6.06. The zero-order valence-electron chi connectivity index (χ0n) is 11.9. The maximum atomic E-state index is 12.7. The van der Waals surface area contributed by atoms with E-state index in [1.165, 1.54) is 0 Å². The summed E-state index contributed by atoms with van der Waals surface area (Å²) in [5.41, 5.74) is 0. The van der Waals surface area contributed by atoms with Crippen molar-refractivity contribution in [3.63, 3.8) is 0 Å². The van der Waals surface area contributed by atoms with Gasteiger partial charge in [0.25, 0.3) is 0 Å².